The van der Waals surface area contributed by atoms with E-state index in [9.17, 15) is 4.79 Å². The van der Waals surface area contributed by atoms with Gasteiger partial charge in [-0.3, -0.25) is 0 Å². The molecule has 2 heterocycles. The summed E-state index contributed by atoms with van der Waals surface area (Å²) in [6, 6.07) is 9.91. The molecule has 0 bridgehead atoms. The fourth-order valence-electron chi connectivity index (χ4n) is 3.26. The van der Waals surface area contributed by atoms with Gasteiger partial charge in [0.15, 0.2) is 0 Å². The Morgan fingerprint density at radius 1 is 0.920 bits per heavy atom. The number of hydrogen-bond donors (Lipinski definition) is 0. The summed E-state index contributed by atoms with van der Waals surface area (Å²) in [5, 5.41) is 1.93. The Balaban J connectivity index is 2.09. The maximum Gasteiger partial charge on any atom is 0.339 e. The van der Waals surface area contributed by atoms with Crippen molar-refractivity contribution in [3.05, 3.63) is 63.7 Å². The van der Waals surface area contributed by atoms with E-state index in [0.29, 0.717) is 11.1 Å². The van der Waals surface area contributed by atoms with E-state index in [-0.39, 0.29) is 5.63 Å². The molecule has 4 nitrogen and oxygen atoms in total. The van der Waals surface area contributed by atoms with E-state index in [2.05, 4.69) is 0 Å². The molecule has 0 amide bonds. The topological polar surface area (TPSA) is 52.6 Å². The Kier molecular flexibility index (Phi) is 3.42. The molecule has 0 N–H and O–H groups in total. The molecule has 2 aromatic carbocycles. The molecule has 0 atom stereocenters. The zero-order valence-electron chi connectivity index (χ0n) is 14.6. The van der Waals surface area contributed by atoms with Crippen molar-refractivity contribution < 1.29 is 13.6 Å². The third kappa shape index (κ3) is 2.25. The summed E-state index contributed by atoms with van der Waals surface area (Å²) in [7, 11) is 1.65. The number of benzene rings is 2. The number of rotatable bonds is 2. The molecule has 0 aliphatic heterocycles. The Morgan fingerprint density at radius 3 is 2.48 bits per heavy atom. The van der Waals surface area contributed by atoms with Gasteiger partial charge in [0.25, 0.3) is 0 Å². The Hall–Kier alpha value is -3.01. The lowest BCUT2D eigenvalue weighted by Gasteiger charge is -2.08. The van der Waals surface area contributed by atoms with Crippen LogP contribution in [0, 0.1) is 20.8 Å². The summed E-state index contributed by atoms with van der Waals surface area (Å²) >= 11 is 0. The van der Waals surface area contributed by atoms with E-state index in [4.69, 9.17) is 13.6 Å². The molecule has 4 aromatic rings. The first-order valence-corrected chi connectivity index (χ1v) is 8.10. The van der Waals surface area contributed by atoms with Crippen LogP contribution < -0.4 is 10.4 Å². The van der Waals surface area contributed by atoms with Crippen LogP contribution in [0.2, 0.25) is 0 Å². The monoisotopic (exact) mass is 334 g/mol. The number of fused-ring (bicyclic) bond motifs is 2. The number of methoxy groups -OCH3 is 1. The van der Waals surface area contributed by atoms with Gasteiger partial charge in [-0.15, -0.1) is 0 Å². The summed E-state index contributed by atoms with van der Waals surface area (Å²) in [5.41, 5.74) is 5.44. The minimum atomic E-state index is -0.299. The second kappa shape index (κ2) is 5.52. The van der Waals surface area contributed by atoms with Gasteiger partial charge in [0.05, 0.1) is 13.4 Å². The zero-order valence-corrected chi connectivity index (χ0v) is 14.6. The lowest BCUT2D eigenvalue weighted by atomic mass is 9.98. The average Bonchev–Trinajstić information content (AvgIpc) is 3.05. The third-order valence-electron chi connectivity index (χ3n) is 4.89. The predicted octanol–water partition coefficient (Wildman–Crippen LogP) is 5.14. The third-order valence-corrected chi connectivity index (χ3v) is 4.89. The zero-order chi connectivity index (χ0) is 17.7. The number of furan rings is 1. The normalized spacial score (nSPS) is 11.4. The summed E-state index contributed by atoms with van der Waals surface area (Å²) in [4.78, 5) is 12.0. The molecule has 2 aromatic heterocycles. The highest BCUT2D eigenvalue weighted by Gasteiger charge is 2.17. The van der Waals surface area contributed by atoms with Crippen LogP contribution in [0.3, 0.4) is 0 Å². The van der Waals surface area contributed by atoms with Crippen LogP contribution in [0.1, 0.15) is 16.7 Å². The molecule has 126 valence electrons. The molecule has 0 aliphatic rings. The Morgan fingerprint density at radius 2 is 1.72 bits per heavy atom. The van der Waals surface area contributed by atoms with Crippen molar-refractivity contribution >= 4 is 21.9 Å². The van der Waals surface area contributed by atoms with Crippen molar-refractivity contribution in [1.29, 1.82) is 0 Å². The van der Waals surface area contributed by atoms with E-state index in [0.717, 1.165) is 44.4 Å². The minimum Gasteiger partial charge on any atom is -0.497 e. The first kappa shape index (κ1) is 15.5. The number of aryl methyl sites for hydroxylation is 2. The van der Waals surface area contributed by atoms with Crippen LogP contribution in [0.15, 0.2) is 50.2 Å². The smallest absolute Gasteiger partial charge is 0.339 e. The highest BCUT2D eigenvalue weighted by molar-refractivity contribution is 6.05. The average molecular weight is 334 g/mol. The van der Waals surface area contributed by atoms with Gasteiger partial charge in [0, 0.05) is 27.5 Å². The number of hydrogen-bond acceptors (Lipinski definition) is 4. The Bertz CT molecular complexity index is 1180. The molecule has 0 fully saturated rings. The highest BCUT2D eigenvalue weighted by Crippen LogP contribution is 2.37. The summed E-state index contributed by atoms with van der Waals surface area (Å²) in [6.45, 7) is 5.66. The molecule has 0 unspecified atom stereocenters. The van der Waals surface area contributed by atoms with Gasteiger partial charge in [-0.2, -0.15) is 0 Å². The van der Waals surface area contributed by atoms with Crippen molar-refractivity contribution in [3.63, 3.8) is 0 Å². The van der Waals surface area contributed by atoms with E-state index < -0.39 is 0 Å². The maximum absolute atomic E-state index is 12.0. The van der Waals surface area contributed by atoms with Crippen LogP contribution >= 0.6 is 0 Å². The van der Waals surface area contributed by atoms with Crippen LogP contribution in [0.25, 0.3) is 33.1 Å². The van der Waals surface area contributed by atoms with E-state index in [1.807, 2.05) is 44.2 Å². The van der Waals surface area contributed by atoms with Crippen molar-refractivity contribution in [2.45, 2.75) is 20.8 Å². The van der Waals surface area contributed by atoms with Gasteiger partial charge in [0.2, 0.25) is 0 Å². The minimum absolute atomic E-state index is 0.299. The van der Waals surface area contributed by atoms with Gasteiger partial charge < -0.3 is 13.6 Å². The van der Waals surface area contributed by atoms with Crippen molar-refractivity contribution in [2.24, 2.45) is 0 Å². The second-order valence-electron chi connectivity index (χ2n) is 6.28. The molecule has 0 saturated carbocycles. The standard InChI is InChI=1S/C21H18O4/c1-11-12(2)21(22)25-20-13(3)19-17(9-16(11)20)18(10-24-19)14-6-5-7-15(8-14)23-4/h5-10H,1-4H3. The van der Waals surface area contributed by atoms with Gasteiger partial charge in [-0.25, -0.2) is 4.79 Å². The second-order valence-corrected chi connectivity index (χ2v) is 6.28. The van der Waals surface area contributed by atoms with Crippen molar-refractivity contribution in [2.75, 3.05) is 7.11 Å². The SMILES string of the molecule is COc1cccc(-c2coc3c(C)c4oc(=O)c(C)c(C)c4cc23)c1. The van der Waals surface area contributed by atoms with Gasteiger partial charge >= 0.3 is 5.63 Å². The fourth-order valence-corrected chi connectivity index (χ4v) is 3.26. The Labute approximate surface area is 144 Å². The van der Waals surface area contributed by atoms with E-state index in [1.54, 1.807) is 20.3 Å². The van der Waals surface area contributed by atoms with Gasteiger partial charge in [-0.05, 0) is 50.1 Å². The molecule has 25 heavy (non-hydrogen) atoms. The van der Waals surface area contributed by atoms with Crippen LogP contribution in [0.4, 0.5) is 0 Å². The quantitative estimate of drug-likeness (QED) is 0.476. The molecule has 0 aliphatic carbocycles. The van der Waals surface area contributed by atoms with Crippen LogP contribution in [-0.2, 0) is 0 Å². The van der Waals surface area contributed by atoms with Crippen molar-refractivity contribution in [1.82, 2.24) is 0 Å². The molecule has 4 heteroatoms. The molecule has 4 rings (SSSR count). The van der Waals surface area contributed by atoms with Gasteiger partial charge in [0.1, 0.15) is 16.9 Å². The molecular weight excluding hydrogens is 316 g/mol. The molecule has 0 spiro atoms. The molecular formula is C21H18O4. The first-order chi connectivity index (χ1) is 12.0. The highest BCUT2D eigenvalue weighted by atomic mass is 16.5. The summed E-state index contributed by atoms with van der Waals surface area (Å²) in [5.74, 6) is 0.794. The number of ether oxygens (including phenoxy) is 1. The molecule has 0 saturated heterocycles. The molecule has 0 radical (unpaired) electrons. The lowest BCUT2D eigenvalue weighted by Crippen LogP contribution is -2.06. The van der Waals surface area contributed by atoms with Crippen LogP contribution in [-0.4, -0.2) is 7.11 Å². The maximum atomic E-state index is 12.0. The lowest BCUT2D eigenvalue weighted by molar-refractivity contribution is 0.415. The van der Waals surface area contributed by atoms with Crippen LogP contribution in [0.5, 0.6) is 5.75 Å². The predicted molar refractivity (Wildman–Crippen MR) is 98.5 cm³/mol. The van der Waals surface area contributed by atoms with E-state index in [1.165, 1.54) is 0 Å². The van der Waals surface area contributed by atoms with Crippen molar-refractivity contribution in [3.8, 4) is 16.9 Å². The van der Waals surface area contributed by atoms with E-state index >= 15 is 0 Å². The first-order valence-electron chi connectivity index (χ1n) is 8.10. The van der Waals surface area contributed by atoms with Gasteiger partial charge in [-0.1, -0.05) is 12.1 Å². The fraction of sp³-hybridized carbons (Fsp3) is 0.190. The summed E-state index contributed by atoms with van der Waals surface area (Å²) < 4.78 is 16.7. The largest absolute Gasteiger partial charge is 0.497 e. The summed E-state index contributed by atoms with van der Waals surface area (Å²) in [6.07, 6.45) is 1.74.